The summed E-state index contributed by atoms with van der Waals surface area (Å²) in [5.74, 6) is 0.554. The molecule has 2 heterocycles. The molecule has 1 amide bonds. The van der Waals surface area contributed by atoms with Crippen molar-refractivity contribution in [2.24, 2.45) is 7.05 Å². The van der Waals surface area contributed by atoms with E-state index in [2.05, 4.69) is 50.8 Å². The Morgan fingerprint density at radius 2 is 1.83 bits per heavy atom. The van der Waals surface area contributed by atoms with Gasteiger partial charge in [0.05, 0.1) is 11.4 Å². The number of fused-ring (bicyclic) bond motifs is 1. The second-order valence-corrected chi connectivity index (χ2v) is 10.2. The molecule has 0 fully saturated rings. The Hall–Kier alpha value is -3.56. The van der Waals surface area contributed by atoms with Crippen molar-refractivity contribution < 1.29 is 9.18 Å². The molecule has 3 aromatic carbocycles. The minimum Gasteiger partial charge on any atom is -0.309 e. The SMILES string of the molecule is Cc1sc(NC(=O)CSc2nnc(Cc3cccc4ccccc34)n2C)nc1-c1ccc(F)cc1. The van der Waals surface area contributed by atoms with Crippen LogP contribution in [0.15, 0.2) is 71.9 Å². The monoisotopic (exact) mass is 503 g/mol. The van der Waals surface area contributed by atoms with Crippen molar-refractivity contribution >= 4 is 44.9 Å². The van der Waals surface area contributed by atoms with Crippen LogP contribution in [0.5, 0.6) is 0 Å². The zero-order chi connectivity index (χ0) is 24.4. The number of nitrogens with zero attached hydrogens (tertiary/aromatic N) is 4. The van der Waals surface area contributed by atoms with Crippen LogP contribution < -0.4 is 5.32 Å². The fourth-order valence-corrected chi connectivity index (χ4v) is 5.43. The summed E-state index contributed by atoms with van der Waals surface area (Å²) in [4.78, 5) is 18.0. The van der Waals surface area contributed by atoms with Gasteiger partial charge in [0.1, 0.15) is 11.6 Å². The van der Waals surface area contributed by atoms with Crippen molar-refractivity contribution in [3.8, 4) is 11.3 Å². The van der Waals surface area contributed by atoms with Crippen molar-refractivity contribution in [1.29, 1.82) is 0 Å². The van der Waals surface area contributed by atoms with E-state index in [4.69, 9.17) is 0 Å². The van der Waals surface area contributed by atoms with Crippen LogP contribution in [0.2, 0.25) is 0 Å². The van der Waals surface area contributed by atoms with Gasteiger partial charge in [0, 0.05) is 23.9 Å². The molecule has 5 aromatic rings. The summed E-state index contributed by atoms with van der Waals surface area (Å²) >= 11 is 2.72. The molecule has 35 heavy (non-hydrogen) atoms. The van der Waals surface area contributed by atoms with E-state index in [1.165, 1.54) is 51.6 Å². The number of rotatable bonds is 7. The van der Waals surface area contributed by atoms with Gasteiger partial charge in [0.2, 0.25) is 5.91 Å². The van der Waals surface area contributed by atoms with Crippen molar-refractivity contribution in [3.63, 3.8) is 0 Å². The van der Waals surface area contributed by atoms with Crippen LogP contribution in [0.1, 0.15) is 16.3 Å². The van der Waals surface area contributed by atoms with E-state index >= 15 is 0 Å². The number of nitrogens with one attached hydrogen (secondary N) is 1. The molecule has 0 spiro atoms. The number of amides is 1. The van der Waals surface area contributed by atoms with E-state index < -0.39 is 0 Å². The summed E-state index contributed by atoms with van der Waals surface area (Å²) in [5.41, 5.74) is 2.74. The number of carbonyl (C=O) groups is 1. The maximum absolute atomic E-state index is 13.2. The van der Waals surface area contributed by atoms with Crippen LogP contribution in [0.3, 0.4) is 0 Å². The van der Waals surface area contributed by atoms with E-state index in [-0.39, 0.29) is 17.5 Å². The molecule has 0 saturated heterocycles. The minimum absolute atomic E-state index is 0.173. The Kier molecular flexibility index (Phi) is 6.61. The highest BCUT2D eigenvalue weighted by Gasteiger charge is 2.15. The predicted octanol–water partition coefficient (Wildman–Crippen LogP) is 5.86. The van der Waals surface area contributed by atoms with Gasteiger partial charge < -0.3 is 9.88 Å². The van der Waals surface area contributed by atoms with Crippen molar-refractivity contribution in [3.05, 3.63) is 88.8 Å². The molecular weight excluding hydrogens is 481 g/mol. The van der Waals surface area contributed by atoms with Gasteiger partial charge in [-0.15, -0.1) is 21.5 Å². The number of thiazole rings is 1. The lowest BCUT2D eigenvalue weighted by Gasteiger charge is -2.07. The van der Waals surface area contributed by atoms with Crippen molar-refractivity contribution in [1.82, 2.24) is 19.7 Å². The van der Waals surface area contributed by atoms with Crippen LogP contribution >= 0.6 is 23.1 Å². The number of anilines is 1. The summed E-state index contributed by atoms with van der Waals surface area (Å²) in [5, 5.41) is 15.1. The first-order valence-corrected chi connectivity index (χ1v) is 12.8. The van der Waals surface area contributed by atoms with Gasteiger partial charge >= 0.3 is 0 Å². The molecule has 2 aromatic heterocycles. The summed E-state index contributed by atoms with van der Waals surface area (Å²) in [6.07, 6.45) is 0.655. The van der Waals surface area contributed by atoms with E-state index in [1.54, 1.807) is 12.1 Å². The van der Waals surface area contributed by atoms with Gasteiger partial charge in [-0.3, -0.25) is 4.79 Å². The number of halogens is 1. The lowest BCUT2D eigenvalue weighted by molar-refractivity contribution is -0.113. The summed E-state index contributed by atoms with van der Waals surface area (Å²) in [6, 6.07) is 20.7. The highest BCUT2D eigenvalue weighted by atomic mass is 32.2. The van der Waals surface area contributed by atoms with Crippen LogP contribution in [-0.4, -0.2) is 31.4 Å². The van der Waals surface area contributed by atoms with Crippen LogP contribution in [-0.2, 0) is 18.3 Å². The zero-order valence-corrected chi connectivity index (χ0v) is 20.8. The molecule has 6 nitrogen and oxygen atoms in total. The Morgan fingerprint density at radius 1 is 1.06 bits per heavy atom. The fourth-order valence-electron chi connectivity index (χ4n) is 3.85. The first kappa shape index (κ1) is 23.2. The summed E-state index contributed by atoms with van der Waals surface area (Å²) in [6.45, 7) is 1.93. The third kappa shape index (κ3) is 5.11. The minimum atomic E-state index is -0.295. The maximum Gasteiger partial charge on any atom is 0.236 e. The number of aryl methyl sites for hydroxylation is 1. The van der Waals surface area contributed by atoms with E-state index in [0.717, 1.165) is 22.0 Å². The molecule has 176 valence electrons. The average Bonchev–Trinajstić information content (AvgIpc) is 3.40. The second kappa shape index (κ2) is 9.97. The molecule has 5 rings (SSSR count). The Bertz CT molecular complexity index is 1510. The van der Waals surface area contributed by atoms with Crippen LogP contribution in [0, 0.1) is 12.7 Å². The second-order valence-electron chi connectivity index (χ2n) is 8.04. The van der Waals surface area contributed by atoms with Crippen LogP contribution in [0.25, 0.3) is 22.0 Å². The maximum atomic E-state index is 13.2. The van der Waals surface area contributed by atoms with Gasteiger partial charge in [-0.1, -0.05) is 54.2 Å². The predicted molar refractivity (Wildman–Crippen MR) is 139 cm³/mol. The van der Waals surface area contributed by atoms with E-state index in [9.17, 15) is 9.18 Å². The molecule has 0 saturated carbocycles. The molecule has 0 bridgehead atoms. The average molecular weight is 504 g/mol. The lowest BCUT2D eigenvalue weighted by Crippen LogP contribution is -2.14. The van der Waals surface area contributed by atoms with Crippen molar-refractivity contribution in [2.45, 2.75) is 18.5 Å². The third-order valence-electron chi connectivity index (χ3n) is 5.65. The Balaban J connectivity index is 1.22. The molecule has 0 unspecified atom stereocenters. The lowest BCUT2D eigenvalue weighted by atomic mass is 10.0. The molecule has 0 radical (unpaired) electrons. The van der Waals surface area contributed by atoms with Gasteiger partial charge in [-0.25, -0.2) is 9.37 Å². The van der Waals surface area contributed by atoms with Gasteiger partial charge in [0.15, 0.2) is 10.3 Å². The van der Waals surface area contributed by atoms with E-state index in [1.807, 2.05) is 30.7 Å². The normalized spacial score (nSPS) is 11.2. The Labute approximate surface area is 210 Å². The quantitative estimate of drug-likeness (QED) is 0.282. The number of hydrogen-bond donors (Lipinski definition) is 1. The molecule has 9 heteroatoms. The standard InChI is InChI=1S/C26H22FN5OS2/c1-16-24(18-10-12-20(27)13-11-18)29-25(35-16)28-23(33)15-34-26-31-30-22(32(26)2)14-19-8-5-7-17-6-3-4-9-21(17)19/h3-13H,14-15H2,1-2H3,(H,28,29,33). The van der Waals surface area contributed by atoms with Crippen molar-refractivity contribution in [2.75, 3.05) is 11.1 Å². The molecule has 0 aliphatic carbocycles. The van der Waals surface area contributed by atoms with Gasteiger partial charge in [-0.05, 0) is 47.5 Å². The third-order valence-corrected chi connectivity index (χ3v) is 7.55. The highest BCUT2D eigenvalue weighted by molar-refractivity contribution is 7.99. The number of thioether (sulfide) groups is 1. The summed E-state index contributed by atoms with van der Waals surface area (Å²) < 4.78 is 15.1. The molecule has 1 N–H and O–H groups in total. The van der Waals surface area contributed by atoms with Gasteiger partial charge in [-0.2, -0.15) is 0 Å². The first-order valence-electron chi connectivity index (χ1n) is 11.0. The molecular formula is C26H22FN5OS2. The number of carbonyl (C=O) groups excluding carboxylic acids is 1. The van der Waals surface area contributed by atoms with Crippen LogP contribution in [0.4, 0.5) is 9.52 Å². The molecule has 0 aliphatic heterocycles. The molecule has 0 atom stereocenters. The topological polar surface area (TPSA) is 72.7 Å². The zero-order valence-electron chi connectivity index (χ0n) is 19.2. The van der Waals surface area contributed by atoms with E-state index in [0.29, 0.717) is 16.7 Å². The Morgan fingerprint density at radius 3 is 2.66 bits per heavy atom. The molecule has 0 aliphatic rings. The number of hydrogen-bond acceptors (Lipinski definition) is 6. The smallest absolute Gasteiger partial charge is 0.236 e. The largest absolute Gasteiger partial charge is 0.309 e. The van der Waals surface area contributed by atoms with Gasteiger partial charge in [0.25, 0.3) is 0 Å². The number of benzene rings is 3. The fraction of sp³-hybridized carbons (Fsp3) is 0.154. The highest BCUT2D eigenvalue weighted by Crippen LogP contribution is 2.31. The first-order chi connectivity index (χ1) is 17.0. The number of aromatic nitrogens is 4. The summed E-state index contributed by atoms with van der Waals surface area (Å²) in [7, 11) is 1.92.